The zero-order chi connectivity index (χ0) is 19.4. The van der Waals surface area contributed by atoms with Gasteiger partial charge in [-0.3, -0.25) is 4.99 Å². The third kappa shape index (κ3) is 4.59. The summed E-state index contributed by atoms with van der Waals surface area (Å²) in [4.78, 5) is 17.3. The van der Waals surface area contributed by atoms with Crippen LogP contribution in [0.3, 0.4) is 0 Å². The topological polar surface area (TPSA) is 95.5 Å². The summed E-state index contributed by atoms with van der Waals surface area (Å²) in [5, 5.41) is 23.2. The highest BCUT2D eigenvalue weighted by Crippen LogP contribution is 2.28. The van der Waals surface area contributed by atoms with Crippen LogP contribution < -0.4 is 5.32 Å². The molecule has 0 aliphatic carbocycles. The Morgan fingerprint density at radius 1 is 1.56 bits per heavy atom. The van der Waals surface area contributed by atoms with Crippen LogP contribution in [-0.4, -0.2) is 45.8 Å². The van der Waals surface area contributed by atoms with E-state index < -0.39 is 4.92 Å². The number of azo groups is 1. The summed E-state index contributed by atoms with van der Waals surface area (Å²) in [6.45, 7) is 6.47. The maximum Gasteiger partial charge on any atom is 0.430 e. The zero-order valence-corrected chi connectivity index (χ0v) is 16.8. The van der Waals surface area contributed by atoms with Crippen molar-refractivity contribution in [2.24, 2.45) is 15.2 Å². The fourth-order valence-corrected chi connectivity index (χ4v) is 4.35. The van der Waals surface area contributed by atoms with Crippen LogP contribution in [0.1, 0.15) is 18.1 Å². The first-order chi connectivity index (χ1) is 13.0. The molecule has 2 aliphatic rings. The Kier molecular flexibility index (Phi) is 6.33. The minimum Gasteiger partial charge on any atom is -0.363 e. The van der Waals surface area contributed by atoms with Gasteiger partial charge in [-0.2, -0.15) is 0 Å². The monoisotopic (exact) mass is 408 g/mol. The van der Waals surface area contributed by atoms with Crippen LogP contribution in [0.5, 0.6) is 0 Å². The molecule has 0 amide bonds. The summed E-state index contributed by atoms with van der Waals surface area (Å²) in [5.74, 6) is 0.131. The number of rotatable bonds is 6. The fraction of sp³-hybridized carbons (Fsp3) is 0.471. The van der Waals surface area contributed by atoms with E-state index in [0.717, 1.165) is 17.5 Å². The molecule has 1 unspecified atom stereocenters. The smallest absolute Gasteiger partial charge is 0.363 e. The molecule has 1 N–H and O–H groups in total. The first-order valence-electron chi connectivity index (χ1n) is 8.74. The predicted octanol–water partition coefficient (Wildman–Crippen LogP) is 3.66. The number of benzene rings is 1. The molecule has 2 aliphatic heterocycles. The Morgan fingerprint density at radius 3 is 3.04 bits per heavy atom. The second-order valence-electron chi connectivity index (χ2n) is 6.27. The van der Waals surface area contributed by atoms with Crippen molar-refractivity contribution in [3.8, 4) is 0 Å². The van der Waals surface area contributed by atoms with Gasteiger partial charge in [0.2, 0.25) is 5.82 Å². The number of nitrogens with zero attached hydrogens (tertiary/aromatic N) is 5. The van der Waals surface area contributed by atoms with E-state index in [4.69, 9.17) is 11.6 Å². The molecule has 1 saturated heterocycles. The summed E-state index contributed by atoms with van der Waals surface area (Å²) in [7, 11) is 0. The number of hydrogen-bond acceptors (Lipinski definition) is 8. The molecule has 0 radical (unpaired) electrons. The Labute approximate surface area is 166 Å². The molecule has 1 aromatic carbocycles. The van der Waals surface area contributed by atoms with Crippen molar-refractivity contribution < 1.29 is 4.92 Å². The maximum absolute atomic E-state index is 11.7. The van der Waals surface area contributed by atoms with Crippen molar-refractivity contribution in [3.63, 3.8) is 0 Å². The van der Waals surface area contributed by atoms with Gasteiger partial charge in [-0.15, -0.1) is 0 Å². The van der Waals surface area contributed by atoms with Gasteiger partial charge in [-0.1, -0.05) is 48.5 Å². The molecule has 0 aromatic heterocycles. The molecule has 10 heteroatoms. The second-order valence-corrected chi connectivity index (χ2v) is 8.14. The van der Waals surface area contributed by atoms with Crippen molar-refractivity contribution in [1.82, 2.24) is 10.2 Å². The fourth-order valence-electron chi connectivity index (χ4n) is 3.08. The maximum atomic E-state index is 11.7. The van der Waals surface area contributed by atoms with E-state index >= 15 is 0 Å². The molecular weight excluding hydrogens is 388 g/mol. The number of aliphatic imine (C=N–C) groups is 1. The van der Waals surface area contributed by atoms with Crippen LogP contribution in [0.2, 0.25) is 0 Å². The van der Waals surface area contributed by atoms with E-state index in [1.807, 2.05) is 36.9 Å². The highest BCUT2D eigenvalue weighted by atomic mass is 35.5. The highest BCUT2D eigenvalue weighted by Gasteiger charge is 2.31. The van der Waals surface area contributed by atoms with Crippen LogP contribution in [0.15, 0.2) is 45.1 Å². The van der Waals surface area contributed by atoms with Crippen LogP contribution >= 0.6 is 23.4 Å². The second kappa shape index (κ2) is 8.71. The van der Waals surface area contributed by atoms with Crippen molar-refractivity contribution >= 4 is 33.6 Å². The van der Waals surface area contributed by atoms with Gasteiger partial charge < -0.3 is 20.3 Å². The molecule has 27 heavy (non-hydrogen) atoms. The average Bonchev–Trinajstić information content (AvgIpc) is 3.25. The number of halogens is 1. The Bertz CT molecular complexity index is 826. The van der Waals surface area contributed by atoms with Crippen LogP contribution in [0, 0.1) is 17.0 Å². The number of hydrogen-bond donors (Lipinski definition) is 1. The molecule has 144 valence electrons. The summed E-state index contributed by atoms with van der Waals surface area (Å²) < 4.78 is 0.540. The van der Waals surface area contributed by atoms with E-state index in [2.05, 4.69) is 20.5 Å². The third-order valence-corrected chi connectivity index (χ3v) is 5.77. The largest absolute Gasteiger partial charge is 0.430 e. The molecule has 0 saturated carbocycles. The molecule has 3 rings (SSSR count). The van der Waals surface area contributed by atoms with Gasteiger partial charge in [0.05, 0.1) is 11.7 Å². The molecule has 8 nitrogen and oxygen atoms in total. The lowest BCUT2D eigenvalue weighted by molar-refractivity contribution is -0.429. The van der Waals surface area contributed by atoms with Crippen LogP contribution in [-0.2, 0) is 6.42 Å². The van der Waals surface area contributed by atoms with Gasteiger partial charge in [0, 0.05) is 24.9 Å². The Morgan fingerprint density at radius 2 is 2.37 bits per heavy atom. The first kappa shape index (κ1) is 19.6. The van der Waals surface area contributed by atoms with Crippen molar-refractivity contribution in [2.45, 2.75) is 25.5 Å². The summed E-state index contributed by atoms with van der Waals surface area (Å²) in [6, 6.07) is 5.84. The lowest BCUT2D eigenvalue weighted by Crippen LogP contribution is -2.30. The Hall–Kier alpha value is -2.13. The van der Waals surface area contributed by atoms with Gasteiger partial charge in [0.15, 0.2) is 4.50 Å². The molecule has 1 atom stereocenters. The summed E-state index contributed by atoms with van der Waals surface area (Å²) >= 11 is 7.42. The van der Waals surface area contributed by atoms with Crippen molar-refractivity contribution in [2.75, 3.05) is 26.2 Å². The molecule has 1 aromatic rings. The van der Waals surface area contributed by atoms with Gasteiger partial charge in [0.25, 0.3) is 0 Å². The lowest BCUT2D eigenvalue weighted by Gasteiger charge is -2.20. The van der Waals surface area contributed by atoms with Gasteiger partial charge in [-0.25, -0.2) is 0 Å². The number of aryl methyl sites for hydroxylation is 2. The zero-order valence-electron chi connectivity index (χ0n) is 15.2. The van der Waals surface area contributed by atoms with E-state index in [9.17, 15) is 10.1 Å². The van der Waals surface area contributed by atoms with Gasteiger partial charge in [-0.05, 0) is 34.5 Å². The number of nitrogens with one attached hydrogen (secondary N) is 1. The highest BCUT2D eigenvalue weighted by molar-refractivity contribution is 8.17. The van der Waals surface area contributed by atoms with E-state index in [1.165, 1.54) is 11.8 Å². The average molecular weight is 409 g/mol. The Balaban J connectivity index is 1.86. The van der Waals surface area contributed by atoms with Gasteiger partial charge >= 0.3 is 5.82 Å². The minimum atomic E-state index is -0.487. The van der Waals surface area contributed by atoms with Crippen molar-refractivity contribution in [3.05, 3.63) is 51.1 Å². The van der Waals surface area contributed by atoms with E-state index in [1.54, 1.807) is 0 Å². The lowest BCUT2D eigenvalue weighted by atomic mass is 10.1. The van der Waals surface area contributed by atoms with E-state index in [0.29, 0.717) is 42.2 Å². The van der Waals surface area contributed by atoms with E-state index in [-0.39, 0.29) is 11.1 Å². The van der Waals surface area contributed by atoms with Crippen molar-refractivity contribution in [1.29, 1.82) is 0 Å². The predicted molar refractivity (Wildman–Crippen MR) is 108 cm³/mol. The summed E-state index contributed by atoms with van der Waals surface area (Å²) in [6.07, 6.45) is 0.782. The SMILES string of the molecule is CCc1cccc(C)c1/N=N/C(=C1/NCCN1CC1CN=C(Cl)S1)[N+](=O)[O-]. The first-order valence-corrected chi connectivity index (χ1v) is 9.99. The molecule has 0 spiro atoms. The summed E-state index contributed by atoms with van der Waals surface area (Å²) in [5.41, 5.74) is 2.64. The molecule has 1 fully saturated rings. The molecule has 2 heterocycles. The van der Waals surface area contributed by atoms with Crippen LogP contribution in [0.4, 0.5) is 5.69 Å². The molecular formula is C17H21ClN6O2S. The minimum absolute atomic E-state index is 0.181. The van der Waals surface area contributed by atoms with Gasteiger partial charge in [0.1, 0.15) is 5.69 Å². The normalized spacial score (nSPS) is 21.5. The number of thioether (sulfide) groups is 1. The molecule has 0 bridgehead atoms. The number of nitro groups is 1. The standard InChI is InChI=1S/C17H21ClN6O2S/c1-3-12-6-4-5-11(2)14(12)21-22-16(24(25)26)15-19-7-8-23(15)10-13-9-20-17(18)27-13/h4-6,13,19H,3,7-10H2,1-2H3/b16-15+,22-21+. The third-order valence-electron chi connectivity index (χ3n) is 4.43. The van der Waals surface area contributed by atoms with Crippen LogP contribution in [0.25, 0.3) is 0 Å². The quantitative estimate of drug-likeness (QED) is 0.440.